The number of piperidine rings is 1. The molecule has 0 bridgehead atoms. The number of hydroxylamine groups is 2. The monoisotopic (exact) mass is 536 g/mol. The van der Waals surface area contributed by atoms with Gasteiger partial charge in [0.2, 0.25) is 5.91 Å². The third-order valence-corrected chi connectivity index (χ3v) is 7.09. The molecular formula is C30H40N4O5. The van der Waals surface area contributed by atoms with Crippen molar-refractivity contribution in [1.29, 1.82) is 0 Å². The van der Waals surface area contributed by atoms with Crippen molar-refractivity contribution >= 4 is 23.8 Å². The number of hydrogen-bond donors (Lipinski definition) is 1. The number of piperazine rings is 1. The minimum atomic E-state index is -0.748. The zero-order valence-corrected chi connectivity index (χ0v) is 23.4. The van der Waals surface area contributed by atoms with Gasteiger partial charge in [0.15, 0.2) is 0 Å². The number of aryl methyl sites for hydroxylation is 1. The number of para-hydroxylation sites is 1. The first-order valence-corrected chi connectivity index (χ1v) is 13.8. The van der Waals surface area contributed by atoms with E-state index in [9.17, 15) is 14.4 Å². The number of anilines is 1. The average Bonchev–Trinajstić information content (AvgIpc) is 2.92. The molecule has 39 heavy (non-hydrogen) atoms. The Labute approximate surface area is 231 Å². The molecule has 0 radical (unpaired) electrons. The molecule has 0 spiro atoms. The predicted octanol–water partition coefficient (Wildman–Crippen LogP) is 4.90. The second-order valence-corrected chi connectivity index (χ2v) is 11.2. The van der Waals surface area contributed by atoms with Gasteiger partial charge in [-0.15, -0.1) is 5.06 Å². The van der Waals surface area contributed by atoms with Crippen LogP contribution in [0.5, 0.6) is 0 Å². The number of nitrogens with zero attached hydrogens (tertiary/aromatic N) is 3. The standard InChI is InChI=1S/C30H40N4O5/c1-5-22-11-13-23(14-12-22)24-19-25(27(35)31-26-9-7-6-8-10-26)21-33(20-24)28(36)32-15-17-34(18-16-32)39-29(37)38-30(2,3)4/h6-14,24-25H,5,15-21H2,1-4H3,(H,31,35). The number of likely N-dealkylation sites (tertiary alicyclic amines) is 1. The summed E-state index contributed by atoms with van der Waals surface area (Å²) in [5.74, 6) is -0.364. The summed E-state index contributed by atoms with van der Waals surface area (Å²) < 4.78 is 5.23. The fraction of sp³-hybridized carbons (Fsp3) is 0.500. The Kier molecular flexibility index (Phi) is 9.12. The quantitative estimate of drug-likeness (QED) is 0.547. The maximum absolute atomic E-state index is 13.6. The summed E-state index contributed by atoms with van der Waals surface area (Å²) in [6, 6.07) is 17.8. The third kappa shape index (κ3) is 7.95. The maximum Gasteiger partial charge on any atom is 0.528 e. The average molecular weight is 537 g/mol. The number of amides is 3. The van der Waals surface area contributed by atoms with Crippen LogP contribution in [0, 0.1) is 5.92 Å². The van der Waals surface area contributed by atoms with E-state index in [1.54, 1.807) is 25.7 Å². The second kappa shape index (κ2) is 12.5. The van der Waals surface area contributed by atoms with Crippen LogP contribution in [0.4, 0.5) is 15.3 Å². The van der Waals surface area contributed by atoms with Gasteiger partial charge in [-0.2, -0.15) is 0 Å². The van der Waals surface area contributed by atoms with Gasteiger partial charge in [-0.3, -0.25) is 4.79 Å². The predicted molar refractivity (Wildman–Crippen MR) is 149 cm³/mol. The first-order chi connectivity index (χ1) is 18.6. The third-order valence-electron chi connectivity index (χ3n) is 7.09. The zero-order valence-electron chi connectivity index (χ0n) is 23.4. The van der Waals surface area contributed by atoms with Crippen molar-refractivity contribution in [2.75, 3.05) is 44.6 Å². The molecule has 2 fully saturated rings. The van der Waals surface area contributed by atoms with E-state index in [0.717, 1.165) is 17.7 Å². The van der Waals surface area contributed by atoms with Gasteiger partial charge in [-0.25, -0.2) is 9.59 Å². The van der Waals surface area contributed by atoms with E-state index < -0.39 is 11.8 Å². The molecule has 2 aromatic rings. The smallest absolute Gasteiger partial charge is 0.427 e. The van der Waals surface area contributed by atoms with E-state index in [-0.39, 0.29) is 23.8 Å². The summed E-state index contributed by atoms with van der Waals surface area (Å²) in [6.07, 6.45) is 0.884. The van der Waals surface area contributed by atoms with Gasteiger partial charge < -0.3 is 24.7 Å². The molecular weight excluding hydrogens is 496 g/mol. The van der Waals surface area contributed by atoms with Gasteiger partial charge in [-0.1, -0.05) is 49.4 Å². The number of carbonyl (C=O) groups excluding carboxylic acids is 3. The highest BCUT2D eigenvalue weighted by Crippen LogP contribution is 2.32. The molecule has 2 atom stereocenters. The van der Waals surface area contributed by atoms with Crippen LogP contribution in [0.2, 0.25) is 0 Å². The largest absolute Gasteiger partial charge is 0.528 e. The van der Waals surface area contributed by atoms with Crippen LogP contribution >= 0.6 is 0 Å². The van der Waals surface area contributed by atoms with Gasteiger partial charge >= 0.3 is 12.2 Å². The maximum atomic E-state index is 13.6. The first-order valence-electron chi connectivity index (χ1n) is 13.8. The first kappa shape index (κ1) is 28.4. The van der Waals surface area contributed by atoms with Gasteiger partial charge in [0, 0.05) is 37.8 Å². The molecule has 4 rings (SSSR count). The van der Waals surface area contributed by atoms with Gasteiger partial charge in [-0.05, 0) is 56.9 Å². The van der Waals surface area contributed by atoms with Gasteiger partial charge in [0.25, 0.3) is 0 Å². The summed E-state index contributed by atoms with van der Waals surface area (Å²) in [6.45, 7) is 9.97. The molecule has 2 aromatic carbocycles. The summed E-state index contributed by atoms with van der Waals surface area (Å²) >= 11 is 0. The summed E-state index contributed by atoms with van der Waals surface area (Å²) in [5, 5.41) is 4.55. The fourth-order valence-corrected chi connectivity index (χ4v) is 5.02. The summed E-state index contributed by atoms with van der Waals surface area (Å²) in [5.41, 5.74) is 2.50. The number of nitrogens with one attached hydrogen (secondary N) is 1. The Morgan fingerprint density at radius 2 is 1.56 bits per heavy atom. The molecule has 2 heterocycles. The lowest BCUT2D eigenvalue weighted by molar-refractivity contribution is -0.155. The van der Waals surface area contributed by atoms with Crippen molar-refractivity contribution in [3.8, 4) is 0 Å². The molecule has 9 nitrogen and oxygen atoms in total. The number of carbonyl (C=O) groups is 3. The van der Waals surface area contributed by atoms with E-state index >= 15 is 0 Å². The van der Waals surface area contributed by atoms with Gasteiger partial charge in [0.1, 0.15) is 5.60 Å². The number of urea groups is 1. The lowest BCUT2D eigenvalue weighted by Crippen LogP contribution is -2.56. The van der Waals surface area contributed by atoms with Crippen LogP contribution in [0.3, 0.4) is 0 Å². The van der Waals surface area contributed by atoms with E-state index in [1.807, 2.05) is 35.2 Å². The lowest BCUT2D eigenvalue weighted by Gasteiger charge is -2.41. The summed E-state index contributed by atoms with van der Waals surface area (Å²) in [4.78, 5) is 47.8. The SMILES string of the molecule is CCc1ccc(C2CC(C(=O)Nc3ccccc3)CN(C(=O)N3CCN(OC(=O)OC(C)(C)C)CC3)C2)cc1. The molecule has 2 saturated heterocycles. The summed E-state index contributed by atoms with van der Waals surface area (Å²) in [7, 11) is 0. The van der Waals surface area contributed by atoms with Crippen molar-refractivity contribution in [2.24, 2.45) is 5.92 Å². The highest BCUT2D eigenvalue weighted by Gasteiger charge is 2.37. The number of hydrogen-bond acceptors (Lipinski definition) is 6. The van der Waals surface area contributed by atoms with Crippen molar-refractivity contribution in [3.63, 3.8) is 0 Å². The lowest BCUT2D eigenvalue weighted by atomic mass is 9.83. The highest BCUT2D eigenvalue weighted by molar-refractivity contribution is 5.93. The molecule has 210 valence electrons. The molecule has 2 unspecified atom stereocenters. The minimum absolute atomic E-state index is 0.0527. The Morgan fingerprint density at radius 1 is 0.897 bits per heavy atom. The molecule has 0 aliphatic carbocycles. The van der Waals surface area contributed by atoms with E-state index in [0.29, 0.717) is 45.7 Å². The van der Waals surface area contributed by atoms with E-state index in [1.165, 1.54) is 10.6 Å². The molecule has 9 heteroatoms. The molecule has 2 aliphatic heterocycles. The van der Waals surface area contributed by atoms with Crippen molar-refractivity contribution in [3.05, 3.63) is 65.7 Å². The van der Waals surface area contributed by atoms with Gasteiger partial charge in [0.05, 0.1) is 19.0 Å². The number of ether oxygens (including phenoxy) is 1. The Morgan fingerprint density at radius 3 is 2.18 bits per heavy atom. The molecule has 3 amide bonds. The van der Waals surface area contributed by atoms with E-state index in [2.05, 4.69) is 36.5 Å². The van der Waals surface area contributed by atoms with Crippen molar-refractivity contribution < 1.29 is 24.0 Å². The van der Waals surface area contributed by atoms with E-state index in [4.69, 9.17) is 9.57 Å². The van der Waals surface area contributed by atoms with Crippen LogP contribution in [-0.2, 0) is 20.8 Å². The van der Waals surface area contributed by atoms with Crippen LogP contribution in [-0.4, -0.2) is 77.8 Å². The van der Waals surface area contributed by atoms with Crippen LogP contribution in [0.15, 0.2) is 54.6 Å². The van der Waals surface area contributed by atoms with Crippen molar-refractivity contribution in [2.45, 2.75) is 52.1 Å². The van der Waals surface area contributed by atoms with Crippen LogP contribution in [0.25, 0.3) is 0 Å². The fourth-order valence-electron chi connectivity index (χ4n) is 5.02. The molecule has 2 aliphatic rings. The van der Waals surface area contributed by atoms with Crippen molar-refractivity contribution in [1.82, 2.24) is 14.9 Å². The highest BCUT2D eigenvalue weighted by atomic mass is 16.8. The number of rotatable bonds is 5. The van der Waals surface area contributed by atoms with Crippen LogP contribution < -0.4 is 5.32 Å². The molecule has 0 aromatic heterocycles. The minimum Gasteiger partial charge on any atom is -0.427 e. The molecule has 1 N–H and O–H groups in total. The Balaban J connectivity index is 1.42. The van der Waals surface area contributed by atoms with Crippen LogP contribution in [0.1, 0.15) is 51.2 Å². The Hall–Kier alpha value is -3.59. The Bertz CT molecular complexity index is 1120. The molecule has 0 saturated carbocycles. The second-order valence-electron chi connectivity index (χ2n) is 11.2. The topological polar surface area (TPSA) is 91.4 Å². The zero-order chi connectivity index (χ0) is 28.0. The number of benzene rings is 2. The normalized spacial score (nSPS) is 20.3.